The van der Waals surface area contributed by atoms with Crippen molar-refractivity contribution in [3.8, 4) is 0 Å². The van der Waals surface area contributed by atoms with Gasteiger partial charge >= 0.3 is 0 Å². The average molecular weight is 447 g/mol. The monoisotopic (exact) mass is 446 g/mol. The third kappa shape index (κ3) is 5.22. The number of imidazole rings is 1. The van der Waals surface area contributed by atoms with Gasteiger partial charge in [0.25, 0.3) is 0 Å². The lowest BCUT2D eigenvalue weighted by molar-refractivity contribution is 0.417. The number of nitrogens with one attached hydrogen (secondary N) is 1. The van der Waals surface area contributed by atoms with Crippen LogP contribution < -0.4 is 5.73 Å². The number of hydrogen-bond donors (Lipinski definition) is 2. The standard InChI is InChI=1S/C20H21N.C5H5N5.ClH/c1-21(2)15-7-12-20-18-10-5-3-8-16(18)13-14-17-9-4-6-11-19(17)20;6-4-3-5(9-1-7-3)10-2-8-4;/h3-6,8-14H,7,15H2,1-2H3;1-2H,(H3,6,7,8,9,10);1H. The highest BCUT2D eigenvalue weighted by Gasteiger charge is 2.13. The number of hydrogen-bond acceptors (Lipinski definition) is 5. The summed E-state index contributed by atoms with van der Waals surface area (Å²) in [6.07, 6.45) is 10.8. The Morgan fingerprint density at radius 3 is 2.12 bits per heavy atom. The molecule has 164 valence electrons. The summed E-state index contributed by atoms with van der Waals surface area (Å²) in [5.74, 6) is 0.433. The first-order valence-corrected chi connectivity index (χ1v) is 10.2. The number of benzene rings is 2. The third-order valence-electron chi connectivity index (χ3n) is 5.12. The summed E-state index contributed by atoms with van der Waals surface area (Å²) in [6, 6.07) is 17.3. The Morgan fingerprint density at radius 2 is 1.53 bits per heavy atom. The van der Waals surface area contributed by atoms with Crippen LogP contribution in [0.3, 0.4) is 0 Å². The second-order valence-corrected chi connectivity index (χ2v) is 7.58. The van der Waals surface area contributed by atoms with Crippen molar-refractivity contribution < 1.29 is 0 Å². The van der Waals surface area contributed by atoms with Crippen LogP contribution in [-0.4, -0.2) is 45.5 Å². The molecule has 6 nitrogen and oxygen atoms in total. The number of aromatic amines is 1. The summed E-state index contributed by atoms with van der Waals surface area (Å²) in [5.41, 5.74) is 13.4. The van der Waals surface area contributed by atoms with Gasteiger partial charge in [0.1, 0.15) is 11.8 Å². The van der Waals surface area contributed by atoms with Crippen LogP contribution in [-0.2, 0) is 0 Å². The first kappa shape index (κ1) is 23.2. The fourth-order valence-corrected chi connectivity index (χ4v) is 3.57. The molecular formula is C25H27ClN6. The molecule has 0 aliphatic heterocycles. The molecule has 0 saturated heterocycles. The minimum atomic E-state index is 0. The zero-order valence-corrected chi connectivity index (χ0v) is 19.0. The third-order valence-corrected chi connectivity index (χ3v) is 5.12. The van der Waals surface area contributed by atoms with E-state index in [4.69, 9.17) is 5.73 Å². The SMILES string of the molecule is CN(C)CCC=C1c2ccccc2C=Cc2ccccc21.Cl.Nc1ncnc2nc[nH]c12. The van der Waals surface area contributed by atoms with E-state index < -0.39 is 0 Å². The van der Waals surface area contributed by atoms with E-state index in [1.807, 2.05) is 0 Å². The van der Waals surface area contributed by atoms with Crippen LogP contribution in [0.4, 0.5) is 5.82 Å². The second-order valence-electron chi connectivity index (χ2n) is 7.58. The maximum absolute atomic E-state index is 5.48. The molecule has 2 aromatic carbocycles. The van der Waals surface area contributed by atoms with Gasteiger partial charge in [-0.3, -0.25) is 0 Å². The minimum Gasteiger partial charge on any atom is -0.382 e. The van der Waals surface area contributed by atoms with Crippen molar-refractivity contribution in [3.05, 3.63) is 89.5 Å². The predicted octanol–water partition coefficient (Wildman–Crippen LogP) is 4.91. The molecule has 3 N–H and O–H groups in total. The van der Waals surface area contributed by atoms with Crippen molar-refractivity contribution in [2.75, 3.05) is 26.4 Å². The molecule has 0 atom stereocenters. The van der Waals surface area contributed by atoms with Crippen LogP contribution in [0.25, 0.3) is 28.9 Å². The second kappa shape index (κ2) is 10.7. The topological polar surface area (TPSA) is 83.7 Å². The normalized spacial score (nSPS) is 11.7. The van der Waals surface area contributed by atoms with Crippen molar-refractivity contribution in [1.82, 2.24) is 24.8 Å². The van der Waals surface area contributed by atoms with E-state index in [0.717, 1.165) is 13.0 Å². The van der Waals surface area contributed by atoms with Crippen LogP contribution >= 0.6 is 12.4 Å². The molecule has 0 amide bonds. The van der Waals surface area contributed by atoms with Gasteiger partial charge < -0.3 is 15.6 Å². The lowest BCUT2D eigenvalue weighted by Gasteiger charge is -2.13. The highest BCUT2D eigenvalue weighted by molar-refractivity contribution is 5.93. The zero-order valence-electron chi connectivity index (χ0n) is 18.2. The van der Waals surface area contributed by atoms with Crippen LogP contribution in [0, 0.1) is 0 Å². The molecule has 0 spiro atoms. The van der Waals surface area contributed by atoms with Crippen molar-refractivity contribution in [2.45, 2.75) is 6.42 Å². The molecule has 4 aromatic rings. The Morgan fingerprint density at radius 1 is 0.906 bits per heavy atom. The Balaban J connectivity index is 0.000000220. The van der Waals surface area contributed by atoms with Gasteiger partial charge in [0.05, 0.1) is 6.33 Å². The molecule has 0 bridgehead atoms. The molecular weight excluding hydrogens is 420 g/mol. The molecule has 32 heavy (non-hydrogen) atoms. The molecule has 1 aliphatic rings. The summed E-state index contributed by atoms with van der Waals surface area (Å²) in [7, 11) is 4.24. The Labute approximate surface area is 194 Å². The first-order chi connectivity index (χ1) is 15.1. The molecule has 7 heteroatoms. The lowest BCUT2D eigenvalue weighted by atomic mass is 9.93. The summed E-state index contributed by atoms with van der Waals surface area (Å²) in [5, 5.41) is 0. The lowest BCUT2D eigenvalue weighted by Crippen LogP contribution is -2.12. The first-order valence-electron chi connectivity index (χ1n) is 10.2. The average Bonchev–Trinajstić information content (AvgIpc) is 3.21. The number of rotatable bonds is 3. The highest BCUT2D eigenvalue weighted by atomic mass is 35.5. The van der Waals surface area contributed by atoms with Gasteiger partial charge in [0.15, 0.2) is 11.5 Å². The number of H-pyrrole nitrogens is 1. The van der Waals surface area contributed by atoms with E-state index in [1.165, 1.54) is 40.5 Å². The van der Waals surface area contributed by atoms with Crippen LogP contribution in [0.5, 0.6) is 0 Å². The highest BCUT2D eigenvalue weighted by Crippen LogP contribution is 2.33. The Hall–Kier alpha value is -3.48. The van der Waals surface area contributed by atoms with E-state index in [1.54, 1.807) is 0 Å². The molecule has 0 unspecified atom stereocenters. The number of halogens is 1. The van der Waals surface area contributed by atoms with Gasteiger partial charge in [-0.1, -0.05) is 66.8 Å². The quantitative estimate of drug-likeness (QED) is 0.411. The number of nitrogens with zero attached hydrogens (tertiary/aromatic N) is 4. The molecule has 2 heterocycles. The fraction of sp³-hybridized carbons (Fsp3) is 0.160. The molecule has 2 aromatic heterocycles. The molecule has 0 radical (unpaired) electrons. The van der Waals surface area contributed by atoms with E-state index in [0.29, 0.717) is 17.0 Å². The van der Waals surface area contributed by atoms with Crippen LogP contribution in [0.15, 0.2) is 67.3 Å². The largest absolute Gasteiger partial charge is 0.382 e. The summed E-state index contributed by atoms with van der Waals surface area (Å²) in [6.45, 7) is 1.07. The summed E-state index contributed by atoms with van der Waals surface area (Å²) in [4.78, 5) is 16.6. The van der Waals surface area contributed by atoms with Crippen molar-refractivity contribution in [2.24, 2.45) is 0 Å². The Bertz CT molecular complexity index is 1190. The maximum atomic E-state index is 5.48. The molecule has 0 saturated carbocycles. The predicted molar refractivity (Wildman–Crippen MR) is 135 cm³/mol. The summed E-state index contributed by atoms with van der Waals surface area (Å²) < 4.78 is 0. The number of fused-ring (bicyclic) bond motifs is 3. The van der Waals surface area contributed by atoms with Gasteiger partial charge in [-0.05, 0) is 48.3 Å². The van der Waals surface area contributed by atoms with Crippen molar-refractivity contribution >= 4 is 47.1 Å². The molecule has 1 aliphatic carbocycles. The van der Waals surface area contributed by atoms with E-state index in [2.05, 4.69) is 106 Å². The van der Waals surface area contributed by atoms with Gasteiger partial charge in [0.2, 0.25) is 0 Å². The number of aromatic nitrogens is 4. The van der Waals surface area contributed by atoms with Gasteiger partial charge in [-0.2, -0.15) is 0 Å². The van der Waals surface area contributed by atoms with E-state index in [9.17, 15) is 0 Å². The maximum Gasteiger partial charge on any atom is 0.182 e. The number of anilines is 1. The minimum absolute atomic E-state index is 0. The molecule has 0 fully saturated rings. The van der Waals surface area contributed by atoms with Crippen molar-refractivity contribution in [1.29, 1.82) is 0 Å². The van der Waals surface area contributed by atoms with Crippen molar-refractivity contribution in [3.63, 3.8) is 0 Å². The number of nitrogen functional groups attached to an aromatic ring is 1. The van der Waals surface area contributed by atoms with E-state index in [-0.39, 0.29) is 12.4 Å². The molecule has 5 rings (SSSR count). The van der Waals surface area contributed by atoms with Crippen LogP contribution in [0.1, 0.15) is 28.7 Å². The summed E-state index contributed by atoms with van der Waals surface area (Å²) >= 11 is 0. The number of nitrogens with two attached hydrogens (primary N) is 1. The van der Waals surface area contributed by atoms with Gasteiger partial charge in [-0.15, -0.1) is 12.4 Å². The smallest absolute Gasteiger partial charge is 0.182 e. The van der Waals surface area contributed by atoms with Gasteiger partial charge in [-0.25, -0.2) is 15.0 Å². The fourth-order valence-electron chi connectivity index (χ4n) is 3.57. The van der Waals surface area contributed by atoms with Crippen LogP contribution in [0.2, 0.25) is 0 Å². The zero-order chi connectivity index (χ0) is 21.6. The Kier molecular flexibility index (Phi) is 7.76. The van der Waals surface area contributed by atoms with E-state index >= 15 is 0 Å². The van der Waals surface area contributed by atoms with Gasteiger partial charge in [0, 0.05) is 6.54 Å².